The minimum Gasteiger partial charge on any atom is -0.356 e. The van der Waals surface area contributed by atoms with Gasteiger partial charge in [0.15, 0.2) is 5.65 Å². The number of rotatable bonds is 5. The van der Waals surface area contributed by atoms with Crippen molar-refractivity contribution in [2.75, 3.05) is 18.0 Å². The van der Waals surface area contributed by atoms with Crippen molar-refractivity contribution in [2.45, 2.75) is 39.7 Å². The van der Waals surface area contributed by atoms with E-state index in [2.05, 4.69) is 40.8 Å². The van der Waals surface area contributed by atoms with Gasteiger partial charge in [-0.25, -0.2) is 9.97 Å². The smallest absolute Gasteiger partial charge is 0.289 e. The number of nitrogens with one attached hydrogen (secondary N) is 1. The number of benzene rings is 2. The molecule has 1 aliphatic heterocycles. The third-order valence-electron chi connectivity index (χ3n) is 6.58. The number of amides is 1. The van der Waals surface area contributed by atoms with Gasteiger partial charge in [-0.15, -0.1) is 0 Å². The number of carbonyl (C=O) groups is 1. The first-order valence-corrected chi connectivity index (χ1v) is 12.1. The number of anilines is 1. The van der Waals surface area contributed by atoms with Crippen LogP contribution in [0.4, 0.5) is 5.82 Å². The molecule has 1 aliphatic rings. The number of hydrogen-bond donors (Lipinski definition) is 1. The molecule has 4 aromatic rings. The Hall–Kier alpha value is -3.38. The first-order chi connectivity index (χ1) is 16.5. The number of aryl methyl sites for hydroxylation is 1. The van der Waals surface area contributed by atoms with E-state index in [9.17, 15) is 4.79 Å². The van der Waals surface area contributed by atoms with Crippen LogP contribution in [0.3, 0.4) is 0 Å². The summed E-state index contributed by atoms with van der Waals surface area (Å²) in [5, 5.41) is 4.67. The fraction of sp³-hybridized carbons (Fsp3) is 0.296. The second kappa shape index (κ2) is 9.47. The third kappa shape index (κ3) is 4.26. The predicted molar refractivity (Wildman–Crippen MR) is 137 cm³/mol. The van der Waals surface area contributed by atoms with Gasteiger partial charge in [-0.3, -0.25) is 9.36 Å². The molecular formula is C27H28ClN5O. The van der Waals surface area contributed by atoms with Crippen molar-refractivity contribution >= 4 is 34.4 Å². The second-order valence-corrected chi connectivity index (χ2v) is 9.24. The molecule has 0 spiro atoms. The molecule has 1 saturated heterocycles. The Labute approximate surface area is 204 Å². The summed E-state index contributed by atoms with van der Waals surface area (Å²) < 4.78 is 2.13. The van der Waals surface area contributed by atoms with Gasteiger partial charge >= 0.3 is 0 Å². The number of aromatic nitrogens is 3. The first kappa shape index (κ1) is 22.4. The molecule has 1 fully saturated rings. The monoisotopic (exact) mass is 473 g/mol. The Bertz CT molecular complexity index is 1330. The second-order valence-electron chi connectivity index (χ2n) is 8.81. The molecule has 2 aromatic heterocycles. The van der Waals surface area contributed by atoms with Crippen LogP contribution in [0.1, 0.15) is 46.7 Å². The molecule has 0 bridgehead atoms. The molecule has 0 saturated carbocycles. The van der Waals surface area contributed by atoms with Crippen LogP contribution < -0.4 is 10.2 Å². The summed E-state index contributed by atoms with van der Waals surface area (Å²) >= 11 is 5.98. The lowest BCUT2D eigenvalue weighted by atomic mass is 10.1. The van der Waals surface area contributed by atoms with Gasteiger partial charge in [-0.05, 0) is 68.5 Å². The average molecular weight is 474 g/mol. The Morgan fingerprint density at radius 2 is 1.68 bits per heavy atom. The zero-order valence-corrected chi connectivity index (χ0v) is 20.3. The molecule has 174 valence electrons. The van der Waals surface area contributed by atoms with Crippen LogP contribution >= 0.6 is 11.6 Å². The van der Waals surface area contributed by atoms with Crippen molar-refractivity contribution in [1.82, 2.24) is 19.9 Å². The Morgan fingerprint density at radius 1 is 0.971 bits per heavy atom. The van der Waals surface area contributed by atoms with Gasteiger partial charge in [-0.2, -0.15) is 0 Å². The van der Waals surface area contributed by atoms with E-state index >= 15 is 0 Å². The van der Waals surface area contributed by atoms with Crippen molar-refractivity contribution in [3.63, 3.8) is 0 Å². The first-order valence-electron chi connectivity index (χ1n) is 11.8. The number of fused-ring (bicyclic) bond motifs is 1. The standard InChI is InChI=1S/C27H28ClN5O/c1-18-19(2)33(22-9-5-3-6-10-22)26-23(18)25(32-15-7-4-8-16-32)30-24(31-26)27(34)29-17-20-11-13-21(28)14-12-20/h3,5-6,9-14H,4,7-8,15-17H2,1-2H3,(H,29,34). The topological polar surface area (TPSA) is 63.1 Å². The maximum Gasteiger partial charge on any atom is 0.289 e. The van der Waals surface area contributed by atoms with Gasteiger partial charge < -0.3 is 10.2 Å². The van der Waals surface area contributed by atoms with E-state index in [1.807, 2.05) is 42.5 Å². The van der Waals surface area contributed by atoms with Crippen LogP contribution in [0.5, 0.6) is 0 Å². The lowest BCUT2D eigenvalue weighted by Gasteiger charge is -2.28. The molecule has 6 nitrogen and oxygen atoms in total. The van der Waals surface area contributed by atoms with Crippen LogP contribution in [-0.4, -0.2) is 33.5 Å². The molecule has 1 N–H and O–H groups in total. The lowest BCUT2D eigenvalue weighted by Crippen LogP contribution is -2.32. The van der Waals surface area contributed by atoms with E-state index in [4.69, 9.17) is 21.6 Å². The van der Waals surface area contributed by atoms with Gasteiger partial charge in [-0.1, -0.05) is 41.9 Å². The van der Waals surface area contributed by atoms with E-state index in [0.717, 1.165) is 65.3 Å². The highest BCUT2D eigenvalue weighted by Gasteiger charge is 2.25. The molecule has 0 radical (unpaired) electrons. The molecule has 0 unspecified atom stereocenters. The number of piperidine rings is 1. The van der Waals surface area contributed by atoms with E-state index < -0.39 is 0 Å². The number of para-hydroxylation sites is 1. The lowest BCUT2D eigenvalue weighted by molar-refractivity contribution is 0.0941. The Balaban J connectivity index is 1.60. The van der Waals surface area contributed by atoms with Crippen LogP contribution in [0.2, 0.25) is 5.02 Å². The zero-order chi connectivity index (χ0) is 23.7. The van der Waals surface area contributed by atoms with Crippen molar-refractivity contribution in [3.05, 3.63) is 82.3 Å². The van der Waals surface area contributed by atoms with Crippen molar-refractivity contribution in [1.29, 1.82) is 0 Å². The van der Waals surface area contributed by atoms with Gasteiger partial charge in [0.1, 0.15) is 5.82 Å². The molecule has 0 aliphatic carbocycles. The average Bonchev–Trinajstić information content (AvgIpc) is 3.13. The number of hydrogen-bond acceptors (Lipinski definition) is 4. The minimum absolute atomic E-state index is 0.191. The maximum atomic E-state index is 13.2. The molecule has 7 heteroatoms. The van der Waals surface area contributed by atoms with E-state index in [1.54, 1.807) is 0 Å². The van der Waals surface area contributed by atoms with Crippen LogP contribution in [0.15, 0.2) is 54.6 Å². The summed E-state index contributed by atoms with van der Waals surface area (Å²) in [4.78, 5) is 25.2. The van der Waals surface area contributed by atoms with E-state index in [-0.39, 0.29) is 11.7 Å². The Kier molecular flexibility index (Phi) is 6.24. The van der Waals surface area contributed by atoms with E-state index in [0.29, 0.717) is 11.6 Å². The summed E-state index contributed by atoms with van der Waals surface area (Å²) in [6.07, 6.45) is 3.48. The van der Waals surface area contributed by atoms with Crippen molar-refractivity contribution in [2.24, 2.45) is 0 Å². The highest BCUT2D eigenvalue weighted by atomic mass is 35.5. The quantitative estimate of drug-likeness (QED) is 0.409. The van der Waals surface area contributed by atoms with Gasteiger partial charge in [0.2, 0.25) is 5.82 Å². The number of carbonyl (C=O) groups excluding carboxylic acids is 1. The molecule has 3 heterocycles. The third-order valence-corrected chi connectivity index (χ3v) is 6.83. The number of halogens is 1. The normalized spacial score (nSPS) is 13.9. The van der Waals surface area contributed by atoms with E-state index in [1.165, 1.54) is 6.42 Å². The zero-order valence-electron chi connectivity index (χ0n) is 19.5. The summed E-state index contributed by atoms with van der Waals surface area (Å²) in [6.45, 7) is 6.48. The van der Waals surface area contributed by atoms with Crippen molar-refractivity contribution in [3.8, 4) is 5.69 Å². The minimum atomic E-state index is -0.286. The summed E-state index contributed by atoms with van der Waals surface area (Å²) in [5.41, 5.74) is 5.01. The van der Waals surface area contributed by atoms with Gasteiger partial charge in [0.25, 0.3) is 5.91 Å². The SMILES string of the molecule is Cc1c(C)n(-c2ccccc2)c2nc(C(=O)NCc3ccc(Cl)cc3)nc(N3CCCCC3)c12. The summed E-state index contributed by atoms with van der Waals surface area (Å²) in [6, 6.07) is 17.6. The molecule has 0 atom stereocenters. The van der Waals surface area contributed by atoms with Gasteiger partial charge in [0, 0.05) is 36.0 Å². The molecular weight excluding hydrogens is 446 g/mol. The number of nitrogens with zero attached hydrogens (tertiary/aromatic N) is 4. The fourth-order valence-corrected chi connectivity index (χ4v) is 4.76. The van der Waals surface area contributed by atoms with Crippen molar-refractivity contribution < 1.29 is 4.79 Å². The van der Waals surface area contributed by atoms with Crippen LogP contribution in [0.25, 0.3) is 16.7 Å². The molecule has 2 aromatic carbocycles. The largest absolute Gasteiger partial charge is 0.356 e. The fourth-order valence-electron chi connectivity index (χ4n) is 4.63. The predicted octanol–water partition coefficient (Wildman–Crippen LogP) is 5.61. The van der Waals surface area contributed by atoms with Crippen LogP contribution in [0, 0.1) is 13.8 Å². The maximum absolute atomic E-state index is 13.2. The summed E-state index contributed by atoms with van der Waals surface area (Å²) in [7, 11) is 0. The molecule has 1 amide bonds. The highest BCUT2D eigenvalue weighted by molar-refractivity contribution is 6.30. The van der Waals surface area contributed by atoms with Gasteiger partial charge in [0.05, 0.1) is 5.39 Å². The highest BCUT2D eigenvalue weighted by Crippen LogP contribution is 2.34. The molecule has 5 rings (SSSR count). The Morgan fingerprint density at radius 3 is 2.38 bits per heavy atom. The molecule has 34 heavy (non-hydrogen) atoms. The summed E-state index contributed by atoms with van der Waals surface area (Å²) in [5.74, 6) is 0.763. The van der Waals surface area contributed by atoms with Crippen LogP contribution in [-0.2, 0) is 6.54 Å².